The number of nitrogens with zero attached hydrogens (tertiary/aromatic N) is 2. The Morgan fingerprint density at radius 3 is 2.50 bits per heavy atom. The molecule has 128 valence electrons. The van der Waals surface area contributed by atoms with Gasteiger partial charge in [-0.3, -0.25) is 4.79 Å². The number of rotatable bonds is 4. The second-order valence-electron chi connectivity index (χ2n) is 6.28. The lowest BCUT2D eigenvalue weighted by Crippen LogP contribution is -2.23. The van der Waals surface area contributed by atoms with Gasteiger partial charge in [0, 0.05) is 18.9 Å². The van der Waals surface area contributed by atoms with Crippen LogP contribution in [-0.2, 0) is 6.54 Å². The van der Waals surface area contributed by atoms with Crippen molar-refractivity contribution in [3.63, 3.8) is 0 Å². The highest BCUT2D eigenvalue weighted by Crippen LogP contribution is 2.20. The van der Waals surface area contributed by atoms with Crippen molar-refractivity contribution >= 4 is 11.6 Å². The van der Waals surface area contributed by atoms with E-state index in [0.717, 1.165) is 27.9 Å². The number of carbonyl (C=O) groups excluding carboxylic acids is 1. The first-order valence-corrected chi connectivity index (χ1v) is 8.57. The molecule has 0 fully saturated rings. The van der Waals surface area contributed by atoms with Crippen molar-refractivity contribution in [2.45, 2.75) is 13.5 Å². The third kappa shape index (κ3) is 3.22. The maximum atomic E-state index is 12.5. The number of carbonyl (C=O) groups is 1. The Kier molecular flexibility index (Phi) is 4.23. The number of imidazole rings is 1. The third-order valence-electron chi connectivity index (χ3n) is 4.49. The molecule has 0 unspecified atom stereocenters. The van der Waals surface area contributed by atoms with Crippen LogP contribution in [-0.4, -0.2) is 15.3 Å². The van der Waals surface area contributed by atoms with E-state index in [1.54, 1.807) is 6.20 Å². The van der Waals surface area contributed by atoms with Gasteiger partial charge in [-0.15, -0.1) is 0 Å². The van der Waals surface area contributed by atoms with Crippen LogP contribution in [0.3, 0.4) is 0 Å². The minimum atomic E-state index is -0.168. The van der Waals surface area contributed by atoms with E-state index in [1.807, 2.05) is 72.1 Å². The molecule has 0 atom stereocenters. The zero-order valence-corrected chi connectivity index (χ0v) is 14.5. The van der Waals surface area contributed by atoms with Gasteiger partial charge in [-0.05, 0) is 41.3 Å². The number of hydrogen-bond donors (Lipinski definition) is 1. The summed E-state index contributed by atoms with van der Waals surface area (Å²) in [5.74, 6) is -0.168. The third-order valence-corrected chi connectivity index (χ3v) is 4.49. The molecule has 0 bridgehead atoms. The van der Waals surface area contributed by atoms with Crippen LogP contribution < -0.4 is 5.32 Å². The predicted octanol–water partition coefficient (Wildman–Crippen LogP) is 4.24. The quantitative estimate of drug-likeness (QED) is 0.603. The minimum Gasteiger partial charge on any atom is -0.347 e. The van der Waals surface area contributed by atoms with Gasteiger partial charge in [-0.1, -0.05) is 54.6 Å². The highest BCUT2D eigenvalue weighted by molar-refractivity contribution is 5.92. The van der Waals surface area contributed by atoms with Crippen molar-refractivity contribution in [2.75, 3.05) is 0 Å². The van der Waals surface area contributed by atoms with Crippen LogP contribution >= 0.6 is 0 Å². The van der Waals surface area contributed by atoms with Gasteiger partial charge in [0.2, 0.25) is 0 Å². The SMILES string of the molecule is Cc1ccccc1CNC(=O)c1cn2cc(-c3ccccc3)ccc2n1. The molecule has 0 aliphatic heterocycles. The van der Waals surface area contributed by atoms with Gasteiger partial charge >= 0.3 is 0 Å². The van der Waals surface area contributed by atoms with Gasteiger partial charge < -0.3 is 9.72 Å². The molecule has 26 heavy (non-hydrogen) atoms. The summed E-state index contributed by atoms with van der Waals surface area (Å²) in [7, 11) is 0. The molecule has 0 saturated carbocycles. The Hall–Kier alpha value is -3.40. The number of pyridine rings is 1. The zero-order chi connectivity index (χ0) is 17.9. The summed E-state index contributed by atoms with van der Waals surface area (Å²) in [6.45, 7) is 2.53. The first-order chi connectivity index (χ1) is 12.7. The zero-order valence-electron chi connectivity index (χ0n) is 14.5. The fraction of sp³-hybridized carbons (Fsp3) is 0.0909. The standard InChI is InChI=1S/C22H19N3O/c1-16-7-5-6-10-18(16)13-23-22(26)20-15-25-14-19(11-12-21(25)24-20)17-8-3-2-4-9-17/h2-12,14-15H,13H2,1H3,(H,23,26). The molecule has 0 aliphatic carbocycles. The smallest absolute Gasteiger partial charge is 0.271 e. The summed E-state index contributed by atoms with van der Waals surface area (Å²) in [6, 6.07) is 22.1. The Morgan fingerprint density at radius 1 is 0.923 bits per heavy atom. The molecule has 0 radical (unpaired) electrons. The molecular weight excluding hydrogens is 322 g/mol. The van der Waals surface area contributed by atoms with Gasteiger partial charge in [0.15, 0.2) is 0 Å². The molecule has 1 N–H and O–H groups in total. The fourth-order valence-electron chi connectivity index (χ4n) is 2.98. The lowest BCUT2D eigenvalue weighted by Gasteiger charge is -2.06. The largest absolute Gasteiger partial charge is 0.347 e. The maximum Gasteiger partial charge on any atom is 0.271 e. The van der Waals surface area contributed by atoms with Crippen molar-refractivity contribution in [2.24, 2.45) is 0 Å². The molecule has 4 aromatic rings. The van der Waals surface area contributed by atoms with Crippen molar-refractivity contribution < 1.29 is 4.79 Å². The van der Waals surface area contributed by atoms with E-state index in [4.69, 9.17) is 0 Å². The molecule has 4 heteroatoms. The number of aromatic nitrogens is 2. The van der Waals surface area contributed by atoms with E-state index in [0.29, 0.717) is 12.2 Å². The van der Waals surface area contributed by atoms with Gasteiger partial charge in [-0.2, -0.15) is 0 Å². The summed E-state index contributed by atoms with van der Waals surface area (Å²) < 4.78 is 1.89. The molecule has 4 nitrogen and oxygen atoms in total. The molecule has 2 aromatic carbocycles. The van der Waals surface area contributed by atoms with E-state index >= 15 is 0 Å². The number of fused-ring (bicyclic) bond motifs is 1. The van der Waals surface area contributed by atoms with Crippen molar-refractivity contribution in [3.05, 3.63) is 95.9 Å². The normalized spacial score (nSPS) is 10.8. The van der Waals surface area contributed by atoms with Gasteiger partial charge in [0.1, 0.15) is 11.3 Å². The first kappa shape index (κ1) is 16.1. The van der Waals surface area contributed by atoms with E-state index in [1.165, 1.54) is 0 Å². The van der Waals surface area contributed by atoms with Crippen LogP contribution in [0, 0.1) is 6.92 Å². The monoisotopic (exact) mass is 341 g/mol. The van der Waals surface area contributed by atoms with Crippen LogP contribution in [0.5, 0.6) is 0 Å². The van der Waals surface area contributed by atoms with Gasteiger partial charge in [0.05, 0.1) is 0 Å². The van der Waals surface area contributed by atoms with E-state index in [-0.39, 0.29) is 5.91 Å². The second kappa shape index (κ2) is 6.84. The Labute approximate surface area is 152 Å². The number of benzene rings is 2. The van der Waals surface area contributed by atoms with Crippen molar-refractivity contribution in [3.8, 4) is 11.1 Å². The summed E-state index contributed by atoms with van der Waals surface area (Å²) in [6.07, 6.45) is 3.77. The Morgan fingerprint density at radius 2 is 1.69 bits per heavy atom. The molecular formula is C22H19N3O. The maximum absolute atomic E-state index is 12.5. The minimum absolute atomic E-state index is 0.168. The topological polar surface area (TPSA) is 46.4 Å². The summed E-state index contributed by atoms with van der Waals surface area (Å²) in [5.41, 5.74) is 5.66. The average molecular weight is 341 g/mol. The number of nitrogens with one attached hydrogen (secondary N) is 1. The summed E-state index contributed by atoms with van der Waals surface area (Å²) in [4.78, 5) is 16.9. The Balaban J connectivity index is 1.55. The van der Waals surface area contributed by atoms with Crippen molar-refractivity contribution in [1.29, 1.82) is 0 Å². The summed E-state index contributed by atoms with van der Waals surface area (Å²) in [5, 5.41) is 2.95. The average Bonchev–Trinajstić information content (AvgIpc) is 3.11. The molecule has 2 heterocycles. The highest BCUT2D eigenvalue weighted by Gasteiger charge is 2.11. The Bertz CT molecular complexity index is 1070. The number of amides is 1. The lowest BCUT2D eigenvalue weighted by molar-refractivity contribution is 0.0946. The molecule has 4 rings (SSSR count). The van der Waals surface area contributed by atoms with E-state index in [2.05, 4.69) is 22.4 Å². The summed E-state index contributed by atoms with van der Waals surface area (Å²) >= 11 is 0. The van der Waals surface area contributed by atoms with Crippen molar-refractivity contribution in [1.82, 2.24) is 14.7 Å². The first-order valence-electron chi connectivity index (χ1n) is 8.57. The second-order valence-corrected chi connectivity index (χ2v) is 6.28. The molecule has 0 aliphatic rings. The highest BCUT2D eigenvalue weighted by atomic mass is 16.1. The molecule has 1 amide bonds. The van der Waals surface area contributed by atoms with Crippen LogP contribution in [0.2, 0.25) is 0 Å². The number of aryl methyl sites for hydroxylation is 1. The van der Waals surface area contributed by atoms with E-state index < -0.39 is 0 Å². The van der Waals surface area contributed by atoms with Crippen LogP contribution in [0.4, 0.5) is 0 Å². The number of hydrogen-bond acceptors (Lipinski definition) is 2. The van der Waals surface area contributed by atoms with Crippen LogP contribution in [0.15, 0.2) is 79.1 Å². The fourth-order valence-corrected chi connectivity index (χ4v) is 2.98. The predicted molar refractivity (Wildman–Crippen MR) is 103 cm³/mol. The molecule has 2 aromatic heterocycles. The van der Waals surface area contributed by atoms with E-state index in [9.17, 15) is 4.79 Å². The van der Waals surface area contributed by atoms with Gasteiger partial charge in [-0.25, -0.2) is 4.98 Å². The van der Waals surface area contributed by atoms with Crippen LogP contribution in [0.1, 0.15) is 21.6 Å². The lowest BCUT2D eigenvalue weighted by atomic mass is 10.1. The van der Waals surface area contributed by atoms with Crippen LogP contribution in [0.25, 0.3) is 16.8 Å². The van der Waals surface area contributed by atoms with Gasteiger partial charge in [0.25, 0.3) is 5.91 Å². The molecule has 0 saturated heterocycles. The molecule has 0 spiro atoms.